The van der Waals surface area contributed by atoms with E-state index in [9.17, 15) is 4.39 Å². The van der Waals surface area contributed by atoms with Crippen molar-refractivity contribution in [2.24, 2.45) is 0 Å². The molecule has 0 aliphatic carbocycles. The van der Waals surface area contributed by atoms with Crippen LogP contribution in [0.1, 0.15) is 5.56 Å². The molecule has 0 radical (unpaired) electrons. The Balaban J connectivity index is 2.05. The number of thioether (sulfide) groups is 1. The van der Waals surface area contributed by atoms with Gasteiger partial charge in [0.25, 0.3) is 0 Å². The van der Waals surface area contributed by atoms with E-state index in [1.807, 2.05) is 0 Å². The quantitative estimate of drug-likeness (QED) is 0.666. The molecule has 4 nitrogen and oxygen atoms in total. The van der Waals surface area contributed by atoms with Crippen molar-refractivity contribution in [3.8, 4) is 0 Å². The minimum atomic E-state index is -0.234. The number of allylic oxidation sites excluding steroid dienone is 1. The molecule has 0 unspecified atom stereocenters. The number of benzene rings is 1. The first kappa shape index (κ1) is 12.6. The van der Waals surface area contributed by atoms with E-state index < -0.39 is 0 Å². The molecule has 2 rings (SSSR count). The molecule has 2 N–H and O–H groups in total. The first-order chi connectivity index (χ1) is 8.70. The van der Waals surface area contributed by atoms with Crippen LogP contribution in [0.15, 0.2) is 42.1 Å². The number of hydrogen-bond donors (Lipinski definition) is 1. The summed E-state index contributed by atoms with van der Waals surface area (Å²) < 4.78 is 14.5. The second kappa shape index (κ2) is 5.68. The van der Waals surface area contributed by atoms with E-state index in [4.69, 9.17) is 5.73 Å². The van der Waals surface area contributed by atoms with Gasteiger partial charge in [-0.05, 0) is 17.7 Å². The molecular formula is C12H13FN4S. The van der Waals surface area contributed by atoms with Gasteiger partial charge in [-0.2, -0.15) is 0 Å². The first-order valence-corrected chi connectivity index (χ1v) is 6.36. The minimum Gasteiger partial charge on any atom is -0.368 e. The molecule has 0 fully saturated rings. The lowest BCUT2D eigenvalue weighted by Crippen LogP contribution is -2.03. The Kier molecular flexibility index (Phi) is 3.99. The van der Waals surface area contributed by atoms with Crippen LogP contribution >= 0.6 is 11.8 Å². The third kappa shape index (κ3) is 2.89. The molecule has 0 saturated heterocycles. The summed E-state index contributed by atoms with van der Waals surface area (Å²) in [4.78, 5) is 0. The van der Waals surface area contributed by atoms with Crippen LogP contribution in [-0.4, -0.2) is 14.8 Å². The average molecular weight is 264 g/mol. The molecule has 18 heavy (non-hydrogen) atoms. The highest BCUT2D eigenvalue weighted by Crippen LogP contribution is 2.22. The zero-order valence-electron chi connectivity index (χ0n) is 9.71. The molecule has 0 aliphatic rings. The number of nitrogens with zero attached hydrogens (tertiary/aromatic N) is 3. The summed E-state index contributed by atoms with van der Waals surface area (Å²) >= 11 is 1.51. The molecule has 0 aliphatic heterocycles. The maximum Gasteiger partial charge on any atom is 0.222 e. The lowest BCUT2D eigenvalue weighted by Gasteiger charge is -2.04. The van der Waals surface area contributed by atoms with Gasteiger partial charge in [-0.15, -0.1) is 16.8 Å². The Hall–Kier alpha value is -1.82. The van der Waals surface area contributed by atoms with Crippen LogP contribution in [0, 0.1) is 5.82 Å². The smallest absolute Gasteiger partial charge is 0.222 e. The van der Waals surface area contributed by atoms with E-state index in [2.05, 4.69) is 16.8 Å². The summed E-state index contributed by atoms with van der Waals surface area (Å²) in [5.74, 6) is 0.828. The van der Waals surface area contributed by atoms with Crippen LogP contribution in [0.25, 0.3) is 0 Å². The van der Waals surface area contributed by atoms with Crippen LogP contribution < -0.4 is 5.73 Å². The van der Waals surface area contributed by atoms with Gasteiger partial charge < -0.3 is 5.73 Å². The predicted molar refractivity (Wildman–Crippen MR) is 70.6 cm³/mol. The van der Waals surface area contributed by atoms with E-state index in [1.165, 1.54) is 23.9 Å². The lowest BCUT2D eigenvalue weighted by molar-refractivity contribution is 0.627. The van der Waals surface area contributed by atoms with Crippen LogP contribution in [0.2, 0.25) is 0 Å². The number of rotatable bonds is 5. The van der Waals surface area contributed by atoms with E-state index in [-0.39, 0.29) is 5.82 Å². The second-order valence-corrected chi connectivity index (χ2v) is 4.60. The predicted octanol–water partition coefficient (Wildman–Crippen LogP) is 2.48. The van der Waals surface area contributed by atoms with Gasteiger partial charge in [-0.3, -0.25) is 4.57 Å². The normalized spacial score (nSPS) is 10.5. The fourth-order valence-electron chi connectivity index (χ4n) is 1.44. The van der Waals surface area contributed by atoms with E-state index in [1.54, 1.807) is 22.8 Å². The van der Waals surface area contributed by atoms with Crippen LogP contribution in [0.4, 0.5) is 10.3 Å². The molecule has 6 heteroatoms. The van der Waals surface area contributed by atoms with Crippen molar-refractivity contribution >= 4 is 17.7 Å². The maximum absolute atomic E-state index is 12.8. The Morgan fingerprint density at radius 2 is 2.06 bits per heavy atom. The van der Waals surface area contributed by atoms with Crippen LogP contribution in [-0.2, 0) is 12.3 Å². The molecule has 1 aromatic heterocycles. The molecule has 1 heterocycles. The summed E-state index contributed by atoms with van der Waals surface area (Å²) in [6.07, 6.45) is 1.74. The fraction of sp³-hybridized carbons (Fsp3) is 0.167. The molecule has 2 aromatic rings. The molecule has 0 bridgehead atoms. The molecule has 0 atom stereocenters. The Labute approximate surface area is 109 Å². The van der Waals surface area contributed by atoms with Crippen molar-refractivity contribution in [3.05, 3.63) is 48.3 Å². The van der Waals surface area contributed by atoms with Gasteiger partial charge in [0.05, 0.1) is 0 Å². The van der Waals surface area contributed by atoms with Gasteiger partial charge in [0, 0.05) is 12.3 Å². The third-order valence-electron chi connectivity index (χ3n) is 2.34. The monoisotopic (exact) mass is 264 g/mol. The lowest BCUT2D eigenvalue weighted by atomic mass is 10.2. The van der Waals surface area contributed by atoms with Gasteiger partial charge in [0.15, 0.2) is 5.16 Å². The SMILES string of the molecule is C=CCn1c(N)nnc1SCc1ccc(F)cc1. The molecule has 0 amide bonds. The summed E-state index contributed by atoms with van der Waals surface area (Å²) in [6, 6.07) is 6.39. The highest BCUT2D eigenvalue weighted by Gasteiger charge is 2.08. The van der Waals surface area contributed by atoms with Crippen molar-refractivity contribution in [1.82, 2.24) is 14.8 Å². The maximum atomic E-state index is 12.8. The summed E-state index contributed by atoms with van der Waals surface area (Å²) in [5, 5.41) is 8.55. The second-order valence-electron chi connectivity index (χ2n) is 3.66. The number of nitrogens with two attached hydrogens (primary N) is 1. The zero-order valence-corrected chi connectivity index (χ0v) is 10.5. The Bertz CT molecular complexity index is 536. The van der Waals surface area contributed by atoms with Gasteiger partial charge >= 0.3 is 0 Å². The Morgan fingerprint density at radius 3 is 2.72 bits per heavy atom. The van der Waals surface area contributed by atoms with Crippen LogP contribution in [0.5, 0.6) is 0 Å². The number of aromatic nitrogens is 3. The molecule has 0 saturated carbocycles. The summed E-state index contributed by atoms with van der Waals surface area (Å²) in [5.41, 5.74) is 6.72. The number of halogens is 1. The molecular weight excluding hydrogens is 251 g/mol. The molecule has 0 spiro atoms. The zero-order chi connectivity index (χ0) is 13.0. The molecule has 1 aromatic carbocycles. The van der Waals surface area contributed by atoms with Crippen molar-refractivity contribution in [1.29, 1.82) is 0 Å². The van der Waals surface area contributed by atoms with Crippen molar-refractivity contribution < 1.29 is 4.39 Å². The highest BCUT2D eigenvalue weighted by molar-refractivity contribution is 7.98. The van der Waals surface area contributed by atoms with Crippen molar-refractivity contribution in [3.63, 3.8) is 0 Å². The van der Waals surface area contributed by atoms with Gasteiger partial charge in [-0.25, -0.2) is 4.39 Å². The van der Waals surface area contributed by atoms with E-state index in [0.29, 0.717) is 18.2 Å². The molecule has 94 valence electrons. The summed E-state index contributed by atoms with van der Waals surface area (Å²) in [7, 11) is 0. The first-order valence-electron chi connectivity index (χ1n) is 5.37. The van der Waals surface area contributed by atoms with Gasteiger partial charge in [-0.1, -0.05) is 30.0 Å². The largest absolute Gasteiger partial charge is 0.368 e. The Morgan fingerprint density at radius 1 is 1.33 bits per heavy atom. The van der Waals surface area contributed by atoms with Gasteiger partial charge in [0.1, 0.15) is 5.82 Å². The van der Waals surface area contributed by atoms with Crippen molar-refractivity contribution in [2.45, 2.75) is 17.5 Å². The highest BCUT2D eigenvalue weighted by atomic mass is 32.2. The number of anilines is 1. The summed E-state index contributed by atoms with van der Waals surface area (Å²) in [6.45, 7) is 4.24. The topological polar surface area (TPSA) is 56.7 Å². The van der Waals surface area contributed by atoms with Gasteiger partial charge in [0.2, 0.25) is 5.95 Å². The number of nitrogen functional groups attached to an aromatic ring is 1. The number of hydrogen-bond acceptors (Lipinski definition) is 4. The standard InChI is InChI=1S/C12H13FN4S/c1-2-7-17-11(14)15-16-12(17)18-8-9-3-5-10(13)6-4-9/h2-6H,1,7-8H2,(H2,14,15). The van der Waals surface area contributed by atoms with Crippen LogP contribution in [0.3, 0.4) is 0 Å². The van der Waals surface area contributed by atoms with Crippen molar-refractivity contribution in [2.75, 3.05) is 5.73 Å². The van der Waals surface area contributed by atoms with E-state index in [0.717, 1.165) is 10.7 Å². The van der Waals surface area contributed by atoms with E-state index >= 15 is 0 Å². The third-order valence-corrected chi connectivity index (χ3v) is 3.38. The fourth-order valence-corrected chi connectivity index (χ4v) is 2.35. The average Bonchev–Trinajstić information content (AvgIpc) is 2.71. The minimum absolute atomic E-state index is 0.234.